The maximum atomic E-state index is 14.2. The average Bonchev–Trinajstić information content (AvgIpc) is 3.08. The maximum absolute atomic E-state index is 14.2. The number of fused-ring (bicyclic) bond motifs is 3. The number of rotatable bonds is 3. The van der Waals surface area contributed by atoms with Crippen LogP contribution in [0.1, 0.15) is 50.1 Å². The highest BCUT2D eigenvalue weighted by Crippen LogP contribution is 2.44. The normalized spacial score (nSPS) is 29.3. The fourth-order valence-electron chi connectivity index (χ4n) is 4.08. The van der Waals surface area contributed by atoms with Gasteiger partial charge in [0.05, 0.1) is 24.3 Å². The Balaban J connectivity index is 1.52. The molecule has 0 bridgehead atoms. The first-order valence-corrected chi connectivity index (χ1v) is 8.27. The molecule has 2 heterocycles. The van der Waals surface area contributed by atoms with Gasteiger partial charge in [-0.2, -0.15) is 0 Å². The lowest BCUT2D eigenvalue weighted by molar-refractivity contribution is -0.122. The van der Waals surface area contributed by atoms with E-state index in [4.69, 9.17) is 0 Å². The zero-order valence-electron chi connectivity index (χ0n) is 12.9. The molecule has 1 aliphatic heterocycles. The number of alkyl halides is 1. The van der Waals surface area contributed by atoms with E-state index in [1.807, 2.05) is 10.6 Å². The first kappa shape index (κ1) is 14.8. The zero-order chi connectivity index (χ0) is 16.0. The summed E-state index contributed by atoms with van der Waals surface area (Å²) in [4.78, 5) is 4.16. The molecule has 2 aliphatic rings. The van der Waals surface area contributed by atoms with Crippen LogP contribution >= 0.6 is 0 Å². The summed E-state index contributed by atoms with van der Waals surface area (Å²) in [7, 11) is 0. The number of benzene rings is 1. The summed E-state index contributed by atoms with van der Waals surface area (Å²) in [5, 5.41) is 9.41. The van der Waals surface area contributed by atoms with Crippen molar-refractivity contribution in [3.8, 4) is 11.3 Å². The van der Waals surface area contributed by atoms with E-state index in [-0.39, 0.29) is 24.7 Å². The minimum Gasteiger partial charge on any atom is -0.362 e. The van der Waals surface area contributed by atoms with Gasteiger partial charge in [0, 0.05) is 18.4 Å². The Kier molecular flexibility index (Phi) is 3.48. The quantitative estimate of drug-likeness (QED) is 0.920. The molecule has 23 heavy (non-hydrogen) atoms. The van der Waals surface area contributed by atoms with Gasteiger partial charge in [-0.15, -0.1) is 0 Å². The molecule has 0 radical (unpaired) electrons. The van der Waals surface area contributed by atoms with Gasteiger partial charge in [-0.1, -0.05) is 12.1 Å². The topological polar surface area (TPSA) is 38.1 Å². The second-order valence-corrected chi connectivity index (χ2v) is 6.84. The average molecular weight is 318 g/mol. The number of aliphatic hydroxyl groups is 1. The molecule has 1 unspecified atom stereocenters. The number of imidazole rings is 1. The Labute approximate surface area is 134 Å². The molecule has 1 saturated carbocycles. The fraction of sp³-hybridized carbons (Fsp3) is 0.500. The third-order valence-corrected chi connectivity index (χ3v) is 5.38. The molecule has 1 aromatic carbocycles. The standard InChI is InChI=1S/C18H20F2N2O/c19-14-3-1-2-13-15(22-11-21-10-16(22)17(13)14)5-4-12-6-8-18(20,23)9-7-12/h1-3,10-12,15,23H,4-9H2. The van der Waals surface area contributed by atoms with Gasteiger partial charge >= 0.3 is 0 Å². The summed E-state index contributed by atoms with van der Waals surface area (Å²) in [6.07, 6.45) is 7.20. The van der Waals surface area contributed by atoms with Crippen LogP contribution in [0.15, 0.2) is 30.7 Å². The van der Waals surface area contributed by atoms with E-state index in [9.17, 15) is 13.9 Å². The molecule has 1 atom stereocenters. The lowest BCUT2D eigenvalue weighted by Crippen LogP contribution is -2.29. The summed E-state index contributed by atoms with van der Waals surface area (Å²) in [5.74, 6) is -1.75. The molecule has 5 heteroatoms. The second kappa shape index (κ2) is 5.41. The Morgan fingerprint density at radius 2 is 2.04 bits per heavy atom. The van der Waals surface area contributed by atoms with Crippen LogP contribution in [0.25, 0.3) is 11.3 Å². The highest BCUT2D eigenvalue weighted by molar-refractivity contribution is 5.69. The van der Waals surface area contributed by atoms with Crippen molar-refractivity contribution in [1.82, 2.24) is 9.55 Å². The third-order valence-electron chi connectivity index (χ3n) is 5.38. The van der Waals surface area contributed by atoms with Crippen molar-refractivity contribution in [1.29, 1.82) is 0 Å². The molecule has 1 aliphatic carbocycles. The molecular formula is C18H20F2N2O. The second-order valence-electron chi connectivity index (χ2n) is 6.84. The number of halogens is 2. The predicted octanol–water partition coefficient (Wildman–Crippen LogP) is 4.22. The summed E-state index contributed by atoms with van der Waals surface area (Å²) < 4.78 is 29.7. The van der Waals surface area contributed by atoms with Crippen LogP contribution in [0.3, 0.4) is 0 Å². The highest BCUT2D eigenvalue weighted by Gasteiger charge is 2.34. The SMILES string of the molecule is OC1(F)CCC(CCC2c3cccc(F)c3-c3cncn32)CC1. The van der Waals surface area contributed by atoms with Crippen LogP contribution in [0.4, 0.5) is 8.78 Å². The number of aromatic nitrogens is 2. The molecule has 1 aromatic heterocycles. The molecule has 4 rings (SSSR count). The van der Waals surface area contributed by atoms with Crippen molar-refractivity contribution in [2.75, 3.05) is 0 Å². The van der Waals surface area contributed by atoms with Crippen LogP contribution in [-0.4, -0.2) is 20.5 Å². The van der Waals surface area contributed by atoms with Crippen molar-refractivity contribution < 1.29 is 13.9 Å². The van der Waals surface area contributed by atoms with E-state index >= 15 is 0 Å². The van der Waals surface area contributed by atoms with Gasteiger partial charge < -0.3 is 9.67 Å². The number of nitrogens with zero attached hydrogens (tertiary/aromatic N) is 2. The van der Waals surface area contributed by atoms with Gasteiger partial charge in [-0.25, -0.2) is 13.8 Å². The maximum Gasteiger partial charge on any atom is 0.206 e. The van der Waals surface area contributed by atoms with Crippen LogP contribution in [0.2, 0.25) is 0 Å². The van der Waals surface area contributed by atoms with Gasteiger partial charge in [0.15, 0.2) is 0 Å². The Hall–Kier alpha value is -1.75. The summed E-state index contributed by atoms with van der Waals surface area (Å²) in [6, 6.07) is 5.33. The zero-order valence-corrected chi connectivity index (χ0v) is 12.9. The minimum absolute atomic E-state index is 0.101. The van der Waals surface area contributed by atoms with E-state index in [0.717, 1.165) is 24.1 Å². The van der Waals surface area contributed by atoms with Crippen LogP contribution in [0, 0.1) is 11.7 Å². The summed E-state index contributed by atoms with van der Waals surface area (Å²) in [5.41, 5.74) is 2.52. The molecule has 0 saturated heterocycles. The minimum atomic E-state index is -1.98. The van der Waals surface area contributed by atoms with E-state index in [2.05, 4.69) is 4.98 Å². The van der Waals surface area contributed by atoms with Gasteiger partial charge in [0.25, 0.3) is 0 Å². The molecule has 0 amide bonds. The van der Waals surface area contributed by atoms with Gasteiger partial charge in [-0.05, 0) is 43.2 Å². The van der Waals surface area contributed by atoms with E-state index < -0.39 is 5.85 Å². The summed E-state index contributed by atoms with van der Waals surface area (Å²) in [6.45, 7) is 0. The Morgan fingerprint density at radius 1 is 1.26 bits per heavy atom. The van der Waals surface area contributed by atoms with E-state index in [1.54, 1.807) is 18.6 Å². The smallest absolute Gasteiger partial charge is 0.206 e. The molecule has 0 spiro atoms. The third kappa shape index (κ3) is 2.57. The van der Waals surface area contributed by atoms with Crippen molar-refractivity contribution in [3.05, 3.63) is 42.1 Å². The van der Waals surface area contributed by atoms with E-state index in [1.165, 1.54) is 6.07 Å². The van der Waals surface area contributed by atoms with E-state index in [0.29, 0.717) is 24.3 Å². The van der Waals surface area contributed by atoms with Crippen LogP contribution in [0.5, 0.6) is 0 Å². The van der Waals surface area contributed by atoms with Crippen molar-refractivity contribution in [2.24, 2.45) is 5.92 Å². The summed E-state index contributed by atoms with van der Waals surface area (Å²) >= 11 is 0. The lowest BCUT2D eigenvalue weighted by Gasteiger charge is -2.30. The molecule has 1 N–H and O–H groups in total. The molecule has 3 nitrogen and oxygen atoms in total. The van der Waals surface area contributed by atoms with Crippen molar-refractivity contribution in [3.63, 3.8) is 0 Å². The fourth-order valence-corrected chi connectivity index (χ4v) is 4.08. The molecule has 2 aromatic rings. The Morgan fingerprint density at radius 3 is 2.83 bits per heavy atom. The molecule has 1 fully saturated rings. The largest absolute Gasteiger partial charge is 0.362 e. The molecule has 122 valence electrons. The van der Waals surface area contributed by atoms with Gasteiger partial charge in [-0.3, -0.25) is 0 Å². The number of hydrogen-bond acceptors (Lipinski definition) is 2. The number of hydrogen-bond donors (Lipinski definition) is 1. The Bertz CT molecular complexity index is 716. The highest BCUT2D eigenvalue weighted by atomic mass is 19.2. The van der Waals surface area contributed by atoms with Crippen LogP contribution < -0.4 is 0 Å². The lowest BCUT2D eigenvalue weighted by atomic mass is 9.82. The first-order valence-electron chi connectivity index (χ1n) is 8.27. The predicted molar refractivity (Wildman–Crippen MR) is 83.0 cm³/mol. The first-order chi connectivity index (χ1) is 11.1. The van der Waals surface area contributed by atoms with Crippen molar-refractivity contribution in [2.45, 2.75) is 50.4 Å². The molecular weight excluding hydrogens is 298 g/mol. The van der Waals surface area contributed by atoms with Crippen LogP contribution in [-0.2, 0) is 0 Å². The van der Waals surface area contributed by atoms with Gasteiger partial charge in [0.1, 0.15) is 5.82 Å². The van der Waals surface area contributed by atoms with Gasteiger partial charge in [0.2, 0.25) is 5.85 Å². The van der Waals surface area contributed by atoms with Crippen molar-refractivity contribution >= 4 is 0 Å². The monoisotopic (exact) mass is 318 g/mol.